The Bertz CT molecular complexity index is 1480. The van der Waals surface area contributed by atoms with Crippen LogP contribution in [0.25, 0.3) is 11.4 Å². The molecule has 4 aromatic carbocycles. The predicted octanol–water partition coefficient (Wildman–Crippen LogP) is 4.73. The molecular weight excluding hydrogens is 464 g/mol. The van der Waals surface area contributed by atoms with Crippen LogP contribution in [-0.2, 0) is 13.2 Å². The Kier molecular flexibility index (Phi) is 7.37. The van der Waals surface area contributed by atoms with Crippen molar-refractivity contribution in [2.75, 3.05) is 0 Å². The Morgan fingerprint density at radius 2 is 1.54 bits per heavy atom. The van der Waals surface area contributed by atoms with Crippen molar-refractivity contribution in [1.82, 2.24) is 25.6 Å². The second kappa shape index (κ2) is 11.5. The number of tetrazole rings is 1. The molecule has 0 fully saturated rings. The fourth-order valence-electron chi connectivity index (χ4n) is 3.62. The van der Waals surface area contributed by atoms with Crippen LogP contribution in [0.1, 0.15) is 27.0 Å². The molecule has 5 rings (SSSR count). The van der Waals surface area contributed by atoms with E-state index >= 15 is 0 Å². The van der Waals surface area contributed by atoms with E-state index in [0.717, 1.165) is 22.3 Å². The summed E-state index contributed by atoms with van der Waals surface area (Å²) in [5, 5.41) is 16.8. The molecule has 0 saturated heterocycles. The number of ether oxygens (including phenoxy) is 1. The van der Waals surface area contributed by atoms with Crippen molar-refractivity contribution in [3.05, 3.63) is 131 Å². The zero-order valence-electron chi connectivity index (χ0n) is 19.9. The molecule has 0 aliphatic heterocycles. The SMILES string of the molecule is O=C(N/N=C/c1ccccc1OCc1ccccc1)c1ccc(Cn2nnc(-c3ccccc3)n2)cc1. The van der Waals surface area contributed by atoms with Gasteiger partial charge in [-0.2, -0.15) is 9.90 Å². The summed E-state index contributed by atoms with van der Waals surface area (Å²) in [5.41, 5.74) is 6.76. The van der Waals surface area contributed by atoms with Crippen molar-refractivity contribution >= 4 is 12.1 Å². The van der Waals surface area contributed by atoms with Gasteiger partial charge in [-0.25, -0.2) is 5.43 Å². The number of rotatable bonds is 9. The van der Waals surface area contributed by atoms with Gasteiger partial charge in [0.2, 0.25) is 5.82 Å². The molecule has 0 aliphatic carbocycles. The summed E-state index contributed by atoms with van der Waals surface area (Å²) >= 11 is 0. The molecule has 8 heteroatoms. The number of hydrazone groups is 1. The molecule has 37 heavy (non-hydrogen) atoms. The number of carbonyl (C=O) groups excluding carboxylic acids is 1. The molecule has 0 atom stereocenters. The van der Waals surface area contributed by atoms with Crippen LogP contribution in [0.5, 0.6) is 5.75 Å². The minimum absolute atomic E-state index is 0.310. The number of carbonyl (C=O) groups is 1. The first-order valence-electron chi connectivity index (χ1n) is 11.8. The van der Waals surface area contributed by atoms with Gasteiger partial charge in [0.15, 0.2) is 0 Å². The number of hydrogen-bond acceptors (Lipinski definition) is 6. The monoisotopic (exact) mass is 488 g/mol. The molecule has 1 heterocycles. The molecule has 0 radical (unpaired) electrons. The van der Waals surface area contributed by atoms with Crippen LogP contribution in [0.15, 0.2) is 114 Å². The summed E-state index contributed by atoms with van der Waals surface area (Å²) in [6, 6.07) is 34.4. The first kappa shape index (κ1) is 23.6. The van der Waals surface area contributed by atoms with Gasteiger partial charge in [-0.1, -0.05) is 84.9 Å². The van der Waals surface area contributed by atoms with Gasteiger partial charge in [-0.3, -0.25) is 4.79 Å². The van der Waals surface area contributed by atoms with Gasteiger partial charge >= 0.3 is 0 Å². The third-order valence-electron chi connectivity index (χ3n) is 5.55. The van der Waals surface area contributed by atoms with Gasteiger partial charge < -0.3 is 4.74 Å². The molecular formula is C29H24N6O2. The predicted molar refractivity (Wildman–Crippen MR) is 141 cm³/mol. The van der Waals surface area contributed by atoms with Gasteiger partial charge in [0.25, 0.3) is 5.91 Å². The highest BCUT2D eigenvalue weighted by atomic mass is 16.5. The van der Waals surface area contributed by atoms with E-state index in [0.29, 0.717) is 30.3 Å². The molecule has 0 unspecified atom stereocenters. The van der Waals surface area contributed by atoms with E-state index in [1.807, 2.05) is 97.1 Å². The number of hydrogen-bond donors (Lipinski definition) is 1. The van der Waals surface area contributed by atoms with Gasteiger partial charge in [-0.15, -0.1) is 10.2 Å². The highest BCUT2D eigenvalue weighted by Gasteiger charge is 2.08. The van der Waals surface area contributed by atoms with Crippen molar-refractivity contribution in [2.45, 2.75) is 13.2 Å². The molecule has 1 aromatic heterocycles. The molecule has 0 saturated carbocycles. The minimum Gasteiger partial charge on any atom is -0.488 e. The zero-order chi connectivity index (χ0) is 25.3. The van der Waals surface area contributed by atoms with Crippen molar-refractivity contribution < 1.29 is 9.53 Å². The van der Waals surface area contributed by atoms with E-state index in [-0.39, 0.29) is 5.91 Å². The highest BCUT2D eigenvalue weighted by Crippen LogP contribution is 2.18. The Balaban J connectivity index is 1.16. The maximum Gasteiger partial charge on any atom is 0.271 e. The fourth-order valence-corrected chi connectivity index (χ4v) is 3.62. The lowest BCUT2D eigenvalue weighted by molar-refractivity contribution is 0.0955. The number of aromatic nitrogens is 4. The molecule has 1 N–H and O–H groups in total. The number of nitrogens with zero attached hydrogens (tertiary/aromatic N) is 5. The third-order valence-corrected chi connectivity index (χ3v) is 5.55. The van der Waals surface area contributed by atoms with Crippen molar-refractivity contribution in [1.29, 1.82) is 0 Å². The van der Waals surface area contributed by atoms with Crippen LogP contribution in [0.4, 0.5) is 0 Å². The van der Waals surface area contributed by atoms with E-state index in [9.17, 15) is 4.79 Å². The molecule has 0 bridgehead atoms. The molecule has 0 spiro atoms. The Hall–Kier alpha value is -5.11. The number of para-hydroxylation sites is 1. The van der Waals surface area contributed by atoms with Gasteiger partial charge in [0.05, 0.1) is 12.8 Å². The summed E-state index contributed by atoms with van der Waals surface area (Å²) in [6.45, 7) is 0.891. The van der Waals surface area contributed by atoms with E-state index in [2.05, 4.69) is 25.9 Å². The summed E-state index contributed by atoms with van der Waals surface area (Å²) in [5.74, 6) is 0.947. The first-order valence-corrected chi connectivity index (χ1v) is 11.8. The topological polar surface area (TPSA) is 94.3 Å². The first-order chi connectivity index (χ1) is 18.2. The zero-order valence-corrected chi connectivity index (χ0v) is 19.9. The van der Waals surface area contributed by atoms with Crippen molar-refractivity contribution in [3.63, 3.8) is 0 Å². The second-order valence-electron chi connectivity index (χ2n) is 8.22. The van der Waals surface area contributed by atoms with Crippen LogP contribution in [0.2, 0.25) is 0 Å². The quantitative estimate of drug-likeness (QED) is 0.239. The molecule has 182 valence electrons. The van der Waals surface area contributed by atoms with Crippen LogP contribution < -0.4 is 10.2 Å². The average molecular weight is 489 g/mol. The number of benzene rings is 4. The summed E-state index contributed by atoms with van der Waals surface area (Å²) < 4.78 is 5.93. The number of nitrogens with one attached hydrogen (secondary N) is 1. The Labute approximate surface area is 214 Å². The second-order valence-corrected chi connectivity index (χ2v) is 8.22. The smallest absolute Gasteiger partial charge is 0.271 e. The van der Waals surface area contributed by atoms with E-state index in [1.165, 1.54) is 4.80 Å². The summed E-state index contributed by atoms with van der Waals surface area (Å²) in [7, 11) is 0. The van der Waals surface area contributed by atoms with Gasteiger partial charge in [-0.05, 0) is 40.6 Å². The van der Waals surface area contributed by atoms with E-state index < -0.39 is 0 Å². The Morgan fingerprint density at radius 3 is 2.32 bits per heavy atom. The summed E-state index contributed by atoms with van der Waals surface area (Å²) in [6.07, 6.45) is 1.58. The number of amides is 1. The maximum atomic E-state index is 12.6. The highest BCUT2D eigenvalue weighted by molar-refractivity contribution is 5.95. The lowest BCUT2D eigenvalue weighted by atomic mass is 10.1. The lowest BCUT2D eigenvalue weighted by Gasteiger charge is -2.09. The van der Waals surface area contributed by atoms with E-state index in [1.54, 1.807) is 18.3 Å². The van der Waals surface area contributed by atoms with Gasteiger partial charge in [0, 0.05) is 16.7 Å². The third kappa shape index (κ3) is 6.32. The molecule has 8 nitrogen and oxygen atoms in total. The fraction of sp³-hybridized carbons (Fsp3) is 0.0690. The molecule has 0 aliphatic rings. The molecule has 5 aromatic rings. The van der Waals surface area contributed by atoms with Crippen LogP contribution in [0, 0.1) is 0 Å². The normalized spacial score (nSPS) is 10.9. The average Bonchev–Trinajstić information content (AvgIpc) is 3.42. The minimum atomic E-state index is -0.310. The lowest BCUT2D eigenvalue weighted by Crippen LogP contribution is -2.17. The molecule has 1 amide bonds. The van der Waals surface area contributed by atoms with Crippen molar-refractivity contribution in [2.24, 2.45) is 5.10 Å². The van der Waals surface area contributed by atoms with Crippen molar-refractivity contribution in [3.8, 4) is 17.1 Å². The maximum absolute atomic E-state index is 12.6. The largest absolute Gasteiger partial charge is 0.488 e. The van der Waals surface area contributed by atoms with Crippen LogP contribution in [0.3, 0.4) is 0 Å². The van der Waals surface area contributed by atoms with Crippen LogP contribution in [-0.4, -0.2) is 32.3 Å². The summed E-state index contributed by atoms with van der Waals surface area (Å²) in [4.78, 5) is 14.1. The van der Waals surface area contributed by atoms with Crippen LogP contribution >= 0.6 is 0 Å². The standard InChI is InChI=1S/C29H24N6O2/c36-29(32-30-19-26-13-7-8-14-27(26)37-21-23-9-3-1-4-10-23)25-17-15-22(16-18-25)20-35-33-28(31-34-35)24-11-5-2-6-12-24/h1-19H,20-21H2,(H,32,36)/b30-19+. The Morgan fingerprint density at radius 1 is 0.838 bits per heavy atom. The van der Waals surface area contributed by atoms with Gasteiger partial charge in [0.1, 0.15) is 12.4 Å². The van der Waals surface area contributed by atoms with E-state index in [4.69, 9.17) is 4.74 Å².